The Labute approximate surface area is 116 Å². The lowest BCUT2D eigenvalue weighted by atomic mass is 10.1. The summed E-state index contributed by atoms with van der Waals surface area (Å²) in [6, 6.07) is 7.03. The zero-order chi connectivity index (χ0) is 12.5. The van der Waals surface area contributed by atoms with Gasteiger partial charge in [0.15, 0.2) is 0 Å². The van der Waals surface area contributed by atoms with Crippen molar-refractivity contribution in [1.29, 1.82) is 0 Å². The van der Waals surface area contributed by atoms with Crippen LogP contribution in [0.4, 0.5) is 0 Å². The lowest BCUT2D eigenvalue weighted by Crippen LogP contribution is -2.34. The van der Waals surface area contributed by atoms with E-state index in [0.29, 0.717) is 11.8 Å². The van der Waals surface area contributed by atoms with E-state index in [2.05, 4.69) is 26.1 Å². The standard InChI is InChI=1S/C14H19BrN2O/c15-11-1-4-14(18)10(7-11)8-17-6-5-12-2-3-13(9-17)16-12/h1,4,7,12-13,16,18H,2-3,5-6,8-9H2. The molecular formula is C14H19BrN2O. The average Bonchev–Trinajstić information content (AvgIpc) is 2.67. The van der Waals surface area contributed by atoms with Crippen LogP contribution >= 0.6 is 15.9 Å². The minimum absolute atomic E-state index is 0.403. The third kappa shape index (κ3) is 2.71. The van der Waals surface area contributed by atoms with Crippen molar-refractivity contribution >= 4 is 15.9 Å². The molecule has 1 aromatic rings. The van der Waals surface area contributed by atoms with Gasteiger partial charge in [-0.2, -0.15) is 0 Å². The fraction of sp³-hybridized carbons (Fsp3) is 0.571. The van der Waals surface area contributed by atoms with Crippen molar-refractivity contribution in [2.45, 2.75) is 37.9 Å². The van der Waals surface area contributed by atoms with Crippen LogP contribution in [0, 0.1) is 0 Å². The second-order valence-corrected chi connectivity index (χ2v) is 6.35. The first kappa shape index (κ1) is 12.5. The molecule has 0 aromatic heterocycles. The Morgan fingerprint density at radius 3 is 3.00 bits per heavy atom. The molecule has 2 aliphatic rings. The molecule has 3 rings (SSSR count). The molecule has 2 atom stereocenters. The molecule has 3 nitrogen and oxygen atoms in total. The number of phenols is 1. The van der Waals surface area contributed by atoms with Crippen molar-refractivity contribution in [1.82, 2.24) is 10.2 Å². The molecular weight excluding hydrogens is 292 g/mol. The predicted octanol–water partition coefficient (Wildman–Crippen LogP) is 2.48. The number of hydrogen-bond donors (Lipinski definition) is 2. The van der Waals surface area contributed by atoms with E-state index in [0.717, 1.165) is 35.7 Å². The van der Waals surface area contributed by atoms with E-state index in [-0.39, 0.29) is 0 Å². The van der Waals surface area contributed by atoms with Crippen molar-refractivity contribution in [3.63, 3.8) is 0 Å². The average molecular weight is 311 g/mol. The van der Waals surface area contributed by atoms with E-state index >= 15 is 0 Å². The first-order valence-electron chi connectivity index (χ1n) is 6.66. The minimum Gasteiger partial charge on any atom is -0.508 e. The molecule has 2 aliphatic heterocycles. The van der Waals surface area contributed by atoms with Gasteiger partial charge < -0.3 is 10.4 Å². The number of nitrogens with one attached hydrogen (secondary N) is 1. The van der Waals surface area contributed by atoms with Crippen LogP contribution < -0.4 is 5.32 Å². The number of benzene rings is 1. The Balaban J connectivity index is 1.70. The van der Waals surface area contributed by atoms with Crippen molar-refractivity contribution in [3.8, 4) is 5.75 Å². The summed E-state index contributed by atoms with van der Waals surface area (Å²) in [5.74, 6) is 0.403. The van der Waals surface area contributed by atoms with Crippen LogP contribution in [0.3, 0.4) is 0 Å². The molecule has 4 heteroatoms. The Kier molecular flexibility index (Phi) is 3.59. The molecule has 0 aliphatic carbocycles. The molecule has 2 heterocycles. The summed E-state index contributed by atoms with van der Waals surface area (Å²) in [5, 5.41) is 13.6. The van der Waals surface area contributed by atoms with Crippen LogP contribution in [0.15, 0.2) is 22.7 Å². The molecule has 0 radical (unpaired) electrons. The van der Waals surface area contributed by atoms with Crippen LogP contribution in [0.5, 0.6) is 5.75 Å². The zero-order valence-electron chi connectivity index (χ0n) is 10.4. The lowest BCUT2D eigenvalue weighted by molar-refractivity contribution is 0.248. The third-order valence-electron chi connectivity index (χ3n) is 4.04. The first-order valence-corrected chi connectivity index (χ1v) is 7.46. The third-order valence-corrected chi connectivity index (χ3v) is 4.54. The largest absolute Gasteiger partial charge is 0.508 e. The number of phenolic OH excluding ortho intramolecular Hbond substituents is 1. The molecule has 0 spiro atoms. The van der Waals surface area contributed by atoms with E-state index in [1.54, 1.807) is 6.07 Å². The molecule has 0 saturated carbocycles. The predicted molar refractivity (Wildman–Crippen MR) is 75.6 cm³/mol. The van der Waals surface area contributed by atoms with Crippen LogP contribution in [0.1, 0.15) is 24.8 Å². The normalized spacial score (nSPS) is 28.3. The number of hydrogen-bond acceptors (Lipinski definition) is 3. The summed E-state index contributed by atoms with van der Waals surface area (Å²) in [4.78, 5) is 2.46. The van der Waals surface area contributed by atoms with Crippen LogP contribution in [-0.2, 0) is 6.54 Å². The summed E-state index contributed by atoms with van der Waals surface area (Å²) in [5.41, 5.74) is 1.02. The van der Waals surface area contributed by atoms with Gasteiger partial charge in [-0.3, -0.25) is 4.90 Å². The highest BCUT2D eigenvalue weighted by Gasteiger charge is 2.29. The Morgan fingerprint density at radius 1 is 1.28 bits per heavy atom. The van der Waals surface area contributed by atoms with E-state index in [4.69, 9.17) is 0 Å². The summed E-state index contributed by atoms with van der Waals surface area (Å²) < 4.78 is 1.03. The smallest absolute Gasteiger partial charge is 0.120 e. The second kappa shape index (κ2) is 5.19. The maximum Gasteiger partial charge on any atom is 0.120 e. The quantitative estimate of drug-likeness (QED) is 0.881. The lowest BCUT2D eigenvalue weighted by Gasteiger charge is -2.24. The van der Waals surface area contributed by atoms with Crippen LogP contribution in [0.25, 0.3) is 0 Å². The van der Waals surface area contributed by atoms with E-state index in [1.165, 1.54) is 19.3 Å². The molecule has 2 N–H and O–H groups in total. The summed E-state index contributed by atoms with van der Waals surface area (Å²) in [6.45, 7) is 3.07. The number of aromatic hydroxyl groups is 1. The summed E-state index contributed by atoms with van der Waals surface area (Å²) in [7, 11) is 0. The van der Waals surface area contributed by atoms with Gasteiger partial charge in [-0.15, -0.1) is 0 Å². The van der Waals surface area contributed by atoms with E-state index in [1.807, 2.05) is 12.1 Å². The monoisotopic (exact) mass is 310 g/mol. The van der Waals surface area contributed by atoms with Gasteiger partial charge in [0.1, 0.15) is 5.75 Å². The Morgan fingerprint density at radius 2 is 2.11 bits per heavy atom. The van der Waals surface area contributed by atoms with Gasteiger partial charge in [0, 0.05) is 41.8 Å². The molecule has 98 valence electrons. The highest BCUT2D eigenvalue weighted by atomic mass is 79.9. The first-order chi connectivity index (χ1) is 8.70. The Bertz CT molecular complexity index is 438. The van der Waals surface area contributed by atoms with Gasteiger partial charge in [-0.1, -0.05) is 15.9 Å². The van der Waals surface area contributed by atoms with E-state index in [9.17, 15) is 5.11 Å². The van der Waals surface area contributed by atoms with Crippen molar-refractivity contribution in [2.24, 2.45) is 0 Å². The SMILES string of the molecule is Oc1ccc(Br)cc1CN1CCC2CCC(C1)N2. The number of nitrogens with zero attached hydrogens (tertiary/aromatic N) is 1. The van der Waals surface area contributed by atoms with Gasteiger partial charge in [0.2, 0.25) is 0 Å². The maximum absolute atomic E-state index is 9.90. The topological polar surface area (TPSA) is 35.5 Å². The van der Waals surface area contributed by atoms with Crippen LogP contribution in [-0.4, -0.2) is 35.2 Å². The highest BCUT2D eigenvalue weighted by molar-refractivity contribution is 9.10. The summed E-state index contributed by atoms with van der Waals surface area (Å²) >= 11 is 3.47. The molecule has 18 heavy (non-hydrogen) atoms. The highest BCUT2D eigenvalue weighted by Crippen LogP contribution is 2.26. The number of halogens is 1. The Hall–Kier alpha value is -0.580. The van der Waals surface area contributed by atoms with Gasteiger partial charge >= 0.3 is 0 Å². The fourth-order valence-corrected chi connectivity index (χ4v) is 3.49. The number of fused-ring (bicyclic) bond motifs is 2. The van der Waals surface area contributed by atoms with Gasteiger partial charge in [-0.25, -0.2) is 0 Å². The molecule has 2 fully saturated rings. The molecule has 2 bridgehead atoms. The van der Waals surface area contributed by atoms with Crippen molar-refractivity contribution in [2.75, 3.05) is 13.1 Å². The molecule has 2 unspecified atom stereocenters. The number of rotatable bonds is 2. The molecule has 2 saturated heterocycles. The number of likely N-dealkylation sites (tertiary alicyclic amines) is 1. The minimum atomic E-state index is 0.403. The zero-order valence-corrected chi connectivity index (χ0v) is 12.0. The van der Waals surface area contributed by atoms with Crippen molar-refractivity contribution in [3.05, 3.63) is 28.2 Å². The van der Waals surface area contributed by atoms with Gasteiger partial charge in [-0.05, 0) is 37.5 Å². The molecule has 0 amide bonds. The van der Waals surface area contributed by atoms with Crippen LogP contribution in [0.2, 0.25) is 0 Å². The second-order valence-electron chi connectivity index (χ2n) is 5.43. The van der Waals surface area contributed by atoms with Crippen molar-refractivity contribution < 1.29 is 5.11 Å². The fourth-order valence-electron chi connectivity index (χ4n) is 3.08. The summed E-state index contributed by atoms with van der Waals surface area (Å²) in [6.07, 6.45) is 3.86. The van der Waals surface area contributed by atoms with E-state index < -0.39 is 0 Å². The maximum atomic E-state index is 9.90. The van der Waals surface area contributed by atoms with Gasteiger partial charge in [0.05, 0.1) is 0 Å². The van der Waals surface area contributed by atoms with Gasteiger partial charge in [0.25, 0.3) is 0 Å². The molecule has 1 aromatic carbocycles.